The van der Waals surface area contributed by atoms with E-state index in [-0.39, 0.29) is 23.8 Å². The van der Waals surface area contributed by atoms with E-state index in [4.69, 9.17) is 4.42 Å². The molecule has 0 aromatic carbocycles. The summed E-state index contributed by atoms with van der Waals surface area (Å²) in [6.07, 6.45) is 2.49. The normalized spacial score (nSPS) is 22.3. The van der Waals surface area contributed by atoms with Gasteiger partial charge in [-0.2, -0.15) is 0 Å². The molecule has 0 spiro atoms. The Bertz CT molecular complexity index is 576. The minimum Gasteiger partial charge on any atom is -0.459 e. The molecular weight excluding hydrogens is 286 g/mol. The van der Waals surface area contributed by atoms with Crippen LogP contribution in [0.3, 0.4) is 0 Å². The molecule has 2 fully saturated rings. The van der Waals surface area contributed by atoms with Crippen molar-refractivity contribution in [3.8, 4) is 0 Å². The standard InChI is InChI=1S/C15H19N3O4/c1-16-11(4-5-13(16)19)14(20)17-6-8-18(9-7-17)15(21)12-3-2-10-22-12/h2-3,10-11H,4-9H2,1H3. The first-order chi connectivity index (χ1) is 10.6. The molecule has 3 amide bonds. The van der Waals surface area contributed by atoms with Gasteiger partial charge in [-0.25, -0.2) is 0 Å². The molecule has 22 heavy (non-hydrogen) atoms. The summed E-state index contributed by atoms with van der Waals surface area (Å²) >= 11 is 0. The summed E-state index contributed by atoms with van der Waals surface area (Å²) in [5.41, 5.74) is 0. The molecule has 2 aliphatic heterocycles. The first-order valence-corrected chi connectivity index (χ1v) is 7.45. The van der Waals surface area contributed by atoms with E-state index in [2.05, 4.69) is 0 Å². The highest BCUT2D eigenvalue weighted by atomic mass is 16.3. The van der Waals surface area contributed by atoms with Gasteiger partial charge in [0.25, 0.3) is 5.91 Å². The van der Waals surface area contributed by atoms with Gasteiger partial charge in [0.05, 0.1) is 6.26 Å². The van der Waals surface area contributed by atoms with Crippen LogP contribution in [0.1, 0.15) is 23.4 Å². The number of hydrogen-bond acceptors (Lipinski definition) is 4. The van der Waals surface area contributed by atoms with E-state index >= 15 is 0 Å². The lowest BCUT2D eigenvalue weighted by molar-refractivity contribution is -0.141. The van der Waals surface area contributed by atoms with Crippen molar-refractivity contribution in [2.75, 3.05) is 33.2 Å². The number of carbonyl (C=O) groups excluding carboxylic acids is 3. The van der Waals surface area contributed by atoms with Gasteiger partial charge < -0.3 is 19.1 Å². The third-order valence-corrected chi connectivity index (χ3v) is 4.39. The highest BCUT2D eigenvalue weighted by molar-refractivity contribution is 5.92. The molecule has 1 aromatic rings. The Morgan fingerprint density at radius 2 is 1.86 bits per heavy atom. The predicted molar refractivity (Wildman–Crippen MR) is 77.0 cm³/mol. The van der Waals surface area contributed by atoms with E-state index in [1.165, 1.54) is 11.2 Å². The van der Waals surface area contributed by atoms with E-state index in [9.17, 15) is 14.4 Å². The molecule has 1 aromatic heterocycles. The molecule has 0 N–H and O–H groups in total. The van der Waals surface area contributed by atoms with Gasteiger partial charge in [-0.3, -0.25) is 14.4 Å². The predicted octanol–water partition coefficient (Wildman–Crippen LogP) is 0.185. The van der Waals surface area contributed by atoms with Crippen molar-refractivity contribution < 1.29 is 18.8 Å². The monoisotopic (exact) mass is 305 g/mol. The van der Waals surface area contributed by atoms with Gasteiger partial charge in [-0.05, 0) is 18.6 Å². The van der Waals surface area contributed by atoms with Crippen LogP contribution in [0, 0.1) is 0 Å². The zero-order valence-electron chi connectivity index (χ0n) is 12.5. The summed E-state index contributed by atoms with van der Waals surface area (Å²) in [6.45, 7) is 1.94. The second-order valence-electron chi connectivity index (χ2n) is 5.65. The van der Waals surface area contributed by atoms with Crippen LogP contribution in [0.15, 0.2) is 22.8 Å². The van der Waals surface area contributed by atoms with Crippen LogP contribution in [0.2, 0.25) is 0 Å². The molecule has 7 heteroatoms. The minimum absolute atomic E-state index is 0.0153. The molecule has 3 rings (SSSR count). The third-order valence-electron chi connectivity index (χ3n) is 4.39. The number of nitrogens with zero attached hydrogens (tertiary/aromatic N) is 3. The molecule has 0 radical (unpaired) electrons. The molecule has 0 saturated carbocycles. The minimum atomic E-state index is -0.347. The molecule has 1 atom stereocenters. The van der Waals surface area contributed by atoms with Crippen LogP contribution in [-0.4, -0.2) is 71.7 Å². The lowest BCUT2D eigenvalue weighted by Crippen LogP contribution is -2.54. The van der Waals surface area contributed by atoms with E-state index < -0.39 is 0 Å². The average molecular weight is 305 g/mol. The molecule has 2 aliphatic rings. The Kier molecular flexibility index (Phi) is 3.87. The number of carbonyl (C=O) groups is 3. The third kappa shape index (κ3) is 2.58. The van der Waals surface area contributed by atoms with E-state index in [1.807, 2.05) is 0 Å². The highest BCUT2D eigenvalue weighted by Gasteiger charge is 2.37. The van der Waals surface area contributed by atoms with Crippen molar-refractivity contribution in [1.82, 2.24) is 14.7 Å². The average Bonchev–Trinajstić information content (AvgIpc) is 3.18. The van der Waals surface area contributed by atoms with Crippen molar-refractivity contribution in [2.45, 2.75) is 18.9 Å². The molecule has 7 nitrogen and oxygen atoms in total. The lowest BCUT2D eigenvalue weighted by atomic mass is 10.1. The van der Waals surface area contributed by atoms with Gasteiger partial charge in [-0.15, -0.1) is 0 Å². The second kappa shape index (κ2) is 5.82. The Morgan fingerprint density at radius 1 is 1.18 bits per heavy atom. The molecule has 3 heterocycles. The fourth-order valence-corrected chi connectivity index (χ4v) is 2.99. The zero-order chi connectivity index (χ0) is 15.7. The maximum absolute atomic E-state index is 12.5. The number of furan rings is 1. The molecule has 0 aliphatic carbocycles. The van der Waals surface area contributed by atoms with Crippen LogP contribution < -0.4 is 0 Å². The van der Waals surface area contributed by atoms with Crippen LogP contribution >= 0.6 is 0 Å². The van der Waals surface area contributed by atoms with Crippen LogP contribution in [0.4, 0.5) is 0 Å². The maximum Gasteiger partial charge on any atom is 0.289 e. The lowest BCUT2D eigenvalue weighted by Gasteiger charge is -2.36. The SMILES string of the molecule is CN1C(=O)CCC1C(=O)N1CCN(C(=O)c2ccco2)CC1. The number of likely N-dealkylation sites (tertiary alicyclic amines) is 1. The fourth-order valence-electron chi connectivity index (χ4n) is 2.99. The highest BCUT2D eigenvalue weighted by Crippen LogP contribution is 2.19. The quantitative estimate of drug-likeness (QED) is 0.781. The summed E-state index contributed by atoms with van der Waals surface area (Å²) in [6, 6.07) is 2.97. The van der Waals surface area contributed by atoms with Crippen LogP contribution in [0.25, 0.3) is 0 Å². The van der Waals surface area contributed by atoms with Gasteiger partial charge in [0.2, 0.25) is 11.8 Å². The van der Waals surface area contributed by atoms with Gasteiger partial charge in [0.15, 0.2) is 5.76 Å². The van der Waals surface area contributed by atoms with Gasteiger partial charge >= 0.3 is 0 Å². The number of likely N-dealkylation sites (N-methyl/N-ethyl adjacent to an activating group) is 1. The Labute approximate surface area is 128 Å². The van der Waals surface area contributed by atoms with Crippen molar-refractivity contribution in [3.05, 3.63) is 24.2 Å². The number of piperazine rings is 1. The van der Waals surface area contributed by atoms with Gasteiger partial charge in [0, 0.05) is 39.6 Å². The fraction of sp³-hybridized carbons (Fsp3) is 0.533. The van der Waals surface area contributed by atoms with Gasteiger partial charge in [0.1, 0.15) is 6.04 Å². The molecule has 2 saturated heterocycles. The Morgan fingerprint density at radius 3 is 2.41 bits per heavy atom. The molecule has 0 bridgehead atoms. The topological polar surface area (TPSA) is 74.1 Å². The van der Waals surface area contributed by atoms with Crippen molar-refractivity contribution in [1.29, 1.82) is 0 Å². The first kappa shape index (κ1) is 14.6. The summed E-state index contributed by atoms with van der Waals surface area (Å²) in [5, 5.41) is 0. The van der Waals surface area contributed by atoms with Crippen LogP contribution in [0.5, 0.6) is 0 Å². The smallest absolute Gasteiger partial charge is 0.289 e. The van der Waals surface area contributed by atoms with E-state index in [0.717, 1.165) is 0 Å². The van der Waals surface area contributed by atoms with E-state index in [0.29, 0.717) is 44.8 Å². The van der Waals surface area contributed by atoms with Gasteiger partial charge in [-0.1, -0.05) is 0 Å². The Balaban J connectivity index is 1.57. The first-order valence-electron chi connectivity index (χ1n) is 7.45. The summed E-state index contributed by atoms with van der Waals surface area (Å²) in [7, 11) is 1.68. The summed E-state index contributed by atoms with van der Waals surface area (Å²) in [4.78, 5) is 41.1. The molecule has 1 unspecified atom stereocenters. The van der Waals surface area contributed by atoms with Crippen molar-refractivity contribution in [3.63, 3.8) is 0 Å². The Hall–Kier alpha value is -2.31. The largest absolute Gasteiger partial charge is 0.459 e. The number of hydrogen-bond donors (Lipinski definition) is 0. The zero-order valence-corrected chi connectivity index (χ0v) is 12.5. The van der Waals surface area contributed by atoms with Crippen molar-refractivity contribution in [2.24, 2.45) is 0 Å². The summed E-state index contributed by atoms with van der Waals surface area (Å²) in [5.74, 6) is 0.176. The second-order valence-corrected chi connectivity index (χ2v) is 5.65. The maximum atomic E-state index is 12.5. The van der Waals surface area contributed by atoms with Crippen molar-refractivity contribution >= 4 is 17.7 Å². The van der Waals surface area contributed by atoms with E-state index in [1.54, 1.807) is 29.0 Å². The molecule has 118 valence electrons. The summed E-state index contributed by atoms with van der Waals surface area (Å²) < 4.78 is 5.11. The number of rotatable bonds is 2. The number of amides is 3. The molecular formula is C15H19N3O4. The van der Waals surface area contributed by atoms with Crippen LogP contribution in [-0.2, 0) is 9.59 Å².